The number of amides is 1. The first-order valence-corrected chi connectivity index (χ1v) is 8.77. The highest BCUT2D eigenvalue weighted by Gasteiger charge is 2.12. The summed E-state index contributed by atoms with van der Waals surface area (Å²) in [4.78, 5) is 20.8. The normalized spacial score (nSPS) is 11.9. The molecule has 0 saturated carbocycles. The Morgan fingerprint density at radius 2 is 2.08 bits per heavy atom. The summed E-state index contributed by atoms with van der Waals surface area (Å²) in [6.07, 6.45) is 3.75. The summed E-state index contributed by atoms with van der Waals surface area (Å²) in [7, 11) is 0. The van der Waals surface area contributed by atoms with E-state index in [1.54, 1.807) is 12.4 Å². The van der Waals surface area contributed by atoms with Crippen LogP contribution in [-0.4, -0.2) is 15.9 Å². The molecule has 2 aromatic heterocycles. The fraction of sp³-hybridized carbons (Fsp3) is 0.167. The molecule has 0 aliphatic carbocycles. The first kappa shape index (κ1) is 16.6. The average molecular weight is 358 g/mol. The van der Waals surface area contributed by atoms with Crippen molar-refractivity contribution in [2.45, 2.75) is 19.4 Å². The van der Waals surface area contributed by atoms with Gasteiger partial charge in [0.1, 0.15) is 5.01 Å². The van der Waals surface area contributed by atoms with E-state index in [1.165, 1.54) is 11.3 Å². The fourth-order valence-corrected chi connectivity index (χ4v) is 3.24. The fourth-order valence-electron chi connectivity index (χ4n) is 2.30. The van der Waals surface area contributed by atoms with E-state index in [2.05, 4.69) is 15.3 Å². The number of rotatable bonds is 5. The van der Waals surface area contributed by atoms with Crippen molar-refractivity contribution in [3.05, 3.63) is 70.5 Å². The number of halogens is 1. The lowest BCUT2D eigenvalue weighted by atomic mass is 10.1. The molecular formula is C18H16ClN3OS. The van der Waals surface area contributed by atoms with E-state index in [4.69, 9.17) is 11.6 Å². The molecule has 0 fully saturated rings. The van der Waals surface area contributed by atoms with Crippen LogP contribution in [0.5, 0.6) is 0 Å². The summed E-state index contributed by atoms with van der Waals surface area (Å²) >= 11 is 7.40. The van der Waals surface area contributed by atoms with Crippen molar-refractivity contribution >= 4 is 28.8 Å². The van der Waals surface area contributed by atoms with Gasteiger partial charge in [0.15, 0.2) is 0 Å². The van der Waals surface area contributed by atoms with Crippen LogP contribution in [0.3, 0.4) is 0 Å². The van der Waals surface area contributed by atoms with Crippen molar-refractivity contribution in [1.82, 2.24) is 15.3 Å². The predicted octanol–water partition coefficient (Wildman–Crippen LogP) is 4.28. The predicted molar refractivity (Wildman–Crippen MR) is 97.1 cm³/mol. The Morgan fingerprint density at radius 1 is 1.29 bits per heavy atom. The van der Waals surface area contributed by atoms with Crippen molar-refractivity contribution in [1.29, 1.82) is 0 Å². The molecular weight excluding hydrogens is 342 g/mol. The number of nitrogens with zero attached hydrogens (tertiary/aromatic N) is 2. The summed E-state index contributed by atoms with van der Waals surface area (Å²) in [5, 5.41) is 6.45. The van der Waals surface area contributed by atoms with Crippen molar-refractivity contribution < 1.29 is 4.79 Å². The van der Waals surface area contributed by atoms with Gasteiger partial charge >= 0.3 is 0 Å². The number of aromatic nitrogens is 2. The van der Waals surface area contributed by atoms with Gasteiger partial charge in [-0.2, -0.15) is 0 Å². The number of pyridine rings is 1. The van der Waals surface area contributed by atoms with E-state index in [0.29, 0.717) is 5.02 Å². The van der Waals surface area contributed by atoms with Crippen LogP contribution in [0.1, 0.15) is 24.2 Å². The minimum atomic E-state index is -0.0776. The molecule has 1 amide bonds. The van der Waals surface area contributed by atoms with Crippen LogP contribution >= 0.6 is 22.9 Å². The van der Waals surface area contributed by atoms with Gasteiger partial charge in [0.05, 0.1) is 18.2 Å². The number of carbonyl (C=O) groups is 1. The van der Waals surface area contributed by atoms with Gasteiger partial charge < -0.3 is 5.32 Å². The van der Waals surface area contributed by atoms with Gasteiger partial charge in [0.25, 0.3) is 0 Å². The van der Waals surface area contributed by atoms with Crippen LogP contribution in [0.2, 0.25) is 5.02 Å². The molecule has 3 aromatic rings. The molecule has 0 aliphatic heterocycles. The Morgan fingerprint density at radius 3 is 2.79 bits per heavy atom. The van der Waals surface area contributed by atoms with Crippen LogP contribution in [0.25, 0.3) is 10.6 Å². The molecule has 1 N–H and O–H groups in total. The number of hydrogen-bond donors (Lipinski definition) is 1. The van der Waals surface area contributed by atoms with E-state index in [1.807, 2.05) is 48.7 Å². The van der Waals surface area contributed by atoms with Gasteiger partial charge in [-0.15, -0.1) is 11.3 Å². The third-order valence-electron chi connectivity index (χ3n) is 3.55. The zero-order valence-electron chi connectivity index (χ0n) is 13.1. The third kappa shape index (κ3) is 4.19. The first-order valence-electron chi connectivity index (χ1n) is 7.51. The minimum absolute atomic E-state index is 0.0551. The molecule has 2 heterocycles. The second-order valence-electron chi connectivity index (χ2n) is 5.40. The van der Waals surface area contributed by atoms with Gasteiger partial charge in [-0.1, -0.05) is 23.7 Å². The highest BCUT2D eigenvalue weighted by molar-refractivity contribution is 7.13. The topological polar surface area (TPSA) is 54.9 Å². The molecule has 0 spiro atoms. The first-order chi connectivity index (χ1) is 11.6. The third-order valence-corrected chi connectivity index (χ3v) is 4.74. The quantitative estimate of drug-likeness (QED) is 0.741. The zero-order chi connectivity index (χ0) is 16.9. The molecule has 0 bridgehead atoms. The maximum absolute atomic E-state index is 12.2. The number of hydrogen-bond acceptors (Lipinski definition) is 4. The molecule has 0 saturated heterocycles. The molecule has 1 unspecified atom stereocenters. The Hall–Kier alpha value is -2.24. The number of thiazole rings is 1. The van der Waals surface area contributed by atoms with Crippen molar-refractivity contribution in [2.75, 3.05) is 0 Å². The highest BCUT2D eigenvalue weighted by atomic mass is 35.5. The molecule has 24 heavy (non-hydrogen) atoms. The second-order valence-corrected chi connectivity index (χ2v) is 6.70. The van der Waals surface area contributed by atoms with Crippen LogP contribution in [0.4, 0.5) is 0 Å². The maximum Gasteiger partial charge on any atom is 0.226 e. The largest absolute Gasteiger partial charge is 0.349 e. The lowest BCUT2D eigenvalue weighted by Gasteiger charge is -2.14. The van der Waals surface area contributed by atoms with Gasteiger partial charge in [0, 0.05) is 28.4 Å². The molecule has 0 radical (unpaired) electrons. The molecule has 4 nitrogen and oxygen atoms in total. The number of benzene rings is 1. The van der Waals surface area contributed by atoms with Crippen molar-refractivity contribution in [2.24, 2.45) is 0 Å². The number of carbonyl (C=O) groups excluding carboxylic acids is 1. The molecule has 3 rings (SSSR count). The Balaban J connectivity index is 1.61. The smallest absolute Gasteiger partial charge is 0.226 e. The van der Waals surface area contributed by atoms with Crippen LogP contribution < -0.4 is 5.32 Å². The average Bonchev–Trinajstić information content (AvgIpc) is 3.04. The van der Waals surface area contributed by atoms with Crippen LogP contribution in [0.15, 0.2) is 54.2 Å². The van der Waals surface area contributed by atoms with E-state index < -0.39 is 0 Å². The summed E-state index contributed by atoms with van der Waals surface area (Å²) in [5.41, 5.74) is 2.74. The van der Waals surface area contributed by atoms with Gasteiger partial charge in [-0.3, -0.25) is 9.78 Å². The lowest BCUT2D eigenvalue weighted by Crippen LogP contribution is -2.28. The highest BCUT2D eigenvalue weighted by Crippen LogP contribution is 2.23. The van der Waals surface area contributed by atoms with E-state index in [0.717, 1.165) is 21.8 Å². The van der Waals surface area contributed by atoms with Gasteiger partial charge in [0.2, 0.25) is 5.91 Å². The second kappa shape index (κ2) is 7.55. The Kier molecular flexibility index (Phi) is 5.23. The maximum atomic E-state index is 12.2. The molecule has 122 valence electrons. The molecule has 1 aromatic carbocycles. The van der Waals surface area contributed by atoms with Gasteiger partial charge in [-0.25, -0.2) is 4.98 Å². The monoisotopic (exact) mass is 357 g/mol. The Bertz CT molecular complexity index is 818. The van der Waals surface area contributed by atoms with Crippen molar-refractivity contribution in [3.63, 3.8) is 0 Å². The van der Waals surface area contributed by atoms with Crippen molar-refractivity contribution in [3.8, 4) is 10.6 Å². The standard InChI is InChI=1S/C18H16ClN3OS/c1-12(13-4-6-15(19)7-5-13)21-17(23)9-16-11-24-18(22-16)14-3-2-8-20-10-14/h2-8,10-12H,9H2,1H3,(H,21,23). The number of nitrogens with one attached hydrogen (secondary N) is 1. The summed E-state index contributed by atoms with van der Waals surface area (Å²) in [5.74, 6) is -0.0551. The van der Waals surface area contributed by atoms with E-state index in [-0.39, 0.29) is 18.4 Å². The lowest BCUT2D eigenvalue weighted by molar-refractivity contribution is -0.121. The molecule has 0 aliphatic rings. The molecule has 1 atom stereocenters. The zero-order valence-corrected chi connectivity index (χ0v) is 14.6. The van der Waals surface area contributed by atoms with E-state index in [9.17, 15) is 4.79 Å². The molecule has 6 heteroatoms. The SMILES string of the molecule is CC(NC(=O)Cc1csc(-c2cccnc2)n1)c1ccc(Cl)cc1. The summed E-state index contributed by atoms with van der Waals surface area (Å²) < 4.78 is 0. The van der Waals surface area contributed by atoms with Gasteiger partial charge in [-0.05, 0) is 36.8 Å². The summed E-state index contributed by atoms with van der Waals surface area (Å²) in [6, 6.07) is 11.2. The van der Waals surface area contributed by atoms with E-state index >= 15 is 0 Å². The summed E-state index contributed by atoms with van der Waals surface area (Å²) in [6.45, 7) is 1.95. The minimum Gasteiger partial charge on any atom is -0.349 e. The van der Waals surface area contributed by atoms with Crippen LogP contribution in [0, 0.1) is 0 Å². The Labute approximate surface area is 149 Å². The van der Waals surface area contributed by atoms with Crippen LogP contribution in [-0.2, 0) is 11.2 Å².